The number of hydrogen-bond acceptors (Lipinski definition) is 2. The zero-order chi connectivity index (χ0) is 13.0. The molecule has 1 aromatic carbocycles. The molecular weight excluding hydrogens is 292 g/mol. The van der Waals surface area contributed by atoms with Crippen molar-refractivity contribution in [1.82, 2.24) is 10.2 Å². The zero-order valence-corrected chi connectivity index (χ0v) is 12.2. The van der Waals surface area contributed by atoms with Crippen molar-refractivity contribution >= 4 is 21.8 Å². The van der Waals surface area contributed by atoms with Gasteiger partial charge in [-0.05, 0) is 37.6 Å². The number of hydrogen-bond donors (Lipinski definition) is 1. The normalized spacial score (nSPS) is 19.2. The summed E-state index contributed by atoms with van der Waals surface area (Å²) in [4.78, 5) is 14.3. The van der Waals surface area contributed by atoms with Crippen molar-refractivity contribution in [2.24, 2.45) is 0 Å². The van der Waals surface area contributed by atoms with Gasteiger partial charge in [0.05, 0.1) is 6.42 Å². The third kappa shape index (κ3) is 3.33. The molecule has 1 N–H and O–H groups in total. The molecule has 1 heterocycles. The molecule has 98 valence electrons. The first-order chi connectivity index (χ1) is 8.70. The maximum Gasteiger partial charge on any atom is 0.227 e. The monoisotopic (exact) mass is 310 g/mol. The molecule has 0 spiro atoms. The van der Waals surface area contributed by atoms with Crippen molar-refractivity contribution in [2.75, 3.05) is 20.1 Å². The van der Waals surface area contributed by atoms with E-state index in [9.17, 15) is 4.79 Å². The first-order valence-corrected chi connectivity index (χ1v) is 7.18. The maximum absolute atomic E-state index is 12.3. The third-order valence-corrected chi connectivity index (χ3v) is 3.87. The van der Waals surface area contributed by atoms with E-state index in [1.54, 1.807) is 0 Å². The van der Waals surface area contributed by atoms with Crippen molar-refractivity contribution in [3.05, 3.63) is 34.3 Å². The van der Waals surface area contributed by atoms with E-state index in [1.807, 2.05) is 36.2 Å². The van der Waals surface area contributed by atoms with E-state index in [1.165, 1.54) is 0 Å². The minimum Gasteiger partial charge on any atom is -0.338 e. The molecule has 1 fully saturated rings. The average Bonchev–Trinajstić information content (AvgIpc) is 2.78. The van der Waals surface area contributed by atoms with Crippen LogP contribution < -0.4 is 5.32 Å². The predicted molar refractivity (Wildman–Crippen MR) is 76.5 cm³/mol. The van der Waals surface area contributed by atoms with E-state index in [4.69, 9.17) is 0 Å². The lowest BCUT2D eigenvalue weighted by atomic mass is 10.1. The molecule has 1 unspecified atom stereocenters. The topological polar surface area (TPSA) is 32.3 Å². The standard InChI is InChI=1S/C14H19BrN2O/c1-16-10-13-6-3-7-17(13)14(18)9-11-4-2-5-12(15)8-11/h2,4-5,8,13,16H,3,6-7,9-10H2,1H3. The van der Waals surface area contributed by atoms with E-state index in [-0.39, 0.29) is 5.91 Å². The Morgan fingerprint density at radius 1 is 1.56 bits per heavy atom. The predicted octanol–water partition coefficient (Wildman–Crippen LogP) is 2.20. The van der Waals surface area contributed by atoms with Gasteiger partial charge in [0.1, 0.15) is 0 Å². The van der Waals surface area contributed by atoms with Gasteiger partial charge >= 0.3 is 0 Å². The summed E-state index contributed by atoms with van der Waals surface area (Å²) >= 11 is 3.44. The zero-order valence-electron chi connectivity index (χ0n) is 10.7. The summed E-state index contributed by atoms with van der Waals surface area (Å²) < 4.78 is 1.03. The molecule has 1 amide bonds. The number of benzene rings is 1. The van der Waals surface area contributed by atoms with Crippen molar-refractivity contribution in [2.45, 2.75) is 25.3 Å². The van der Waals surface area contributed by atoms with Gasteiger partial charge < -0.3 is 10.2 Å². The molecule has 1 aliphatic heterocycles. The molecule has 4 heteroatoms. The minimum atomic E-state index is 0.242. The van der Waals surface area contributed by atoms with Crippen LogP contribution in [0.1, 0.15) is 18.4 Å². The minimum absolute atomic E-state index is 0.242. The van der Waals surface area contributed by atoms with E-state index in [0.29, 0.717) is 12.5 Å². The van der Waals surface area contributed by atoms with Crippen LogP contribution in [0, 0.1) is 0 Å². The van der Waals surface area contributed by atoms with Gasteiger partial charge in [0, 0.05) is 23.6 Å². The molecule has 0 bridgehead atoms. The second kappa shape index (κ2) is 6.34. The summed E-state index contributed by atoms with van der Waals surface area (Å²) in [6.07, 6.45) is 2.74. The van der Waals surface area contributed by atoms with Crippen LogP contribution in [-0.4, -0.2) is 37.0 Å². The Morgan fingerprint density at radius 3 is 3.11 bits per heavy atom. The van der Waals surface area contributed by atoms with Gasteiger partial charge in [-0.25, -0.2) is 0 Å². The highest BCUT2D eigenvalue weighted by Crippen LogP contribution is 2.19. The Balaban J connectivity index is 1.99. The quantitative estimate of drug-likeness (QED) is 0.924. The van der Waals surface area contributed by atoms with E-state index in [2.05, 4.69) is 21.2 Å². The lowest BCUT2D eigenvalue weighted by Gasteiger charge is -2.24. The fourth-order valence-corrected chi connectivity index (χ4v) is 2.98. The molecule has 1 aromatic rings. The van der Waals surface area contributed by atoms with Crippen molar-refractivity contribution in [3.8, 4) is 0 Å². The van der Waals surface area contributed by atoms with Crippen molar-refractivity contribution in [1.29, 1.82) is 0 Å². The molecular formula is C14H19BrN2O. The lowest BCUT2D eigenvalue weighted by molar-refractivity contribution is -0.131. The van der Waals surface area contributed by atoms with Gasteiger partial charge in [-0.1, -0.05) is 28.1 Å². The molecule has 0 saturated carbocycles. The summed E-state index contributed by atoms with van der Waals surface area (Å²) in [5.74, 6) is 0.242. The van der Waals surface area contributed by atoms with Gasteiger partial charge in [0.15, 0.2) is 0 Å². The van der Waals surface area contributed by atoms with Crippen molar-refractivity contribution < 1.29 is 4.79 Å². The molecule has 1 aliphatic rings. The fraction of sp³-hybridized carbons (Fsp3) is 0.500. The Hall–Kier alpha value is -0.870. The Morgan fingerprint density at radius 2 is 2.39 bits per heavy atom. The molecule has 0 radical (unpaired) electrons. The maximum atomic E-state index is 12.3. The number of rotatable bonds is 4. The van der Waals surface area contributed by atoms with Gasteiger partial charge in [0.2, 0.25) is 5.91 Å². The lowest BCUT2D eigenvalue weighted by Crippen LogP contribution is -2.41. The molecule has 1 saturated heterocycles. The highest BCUT2D eigenvalue weighted by atomic mass is 79.9. The first kappa shape index (κ1) is 13.6. The molecule has 0 aliphatic carbocycles. The molecule has 3 nitrogen and oxygen atoms in total. The van der Waals surface area contributed by atoms with E-state index >= 15 is 0 Å². The Kier molecular flexibility index (Phi) is 4.78. The summed E-state index contributed by atoms with van der Waals surface area (Å²) in [6, 6.07) is 8.34. The summed E-state index contributed by atoms with van der Waals surface area (Å²) in [5.41, 5.74) is 1.07. The number of amides is 1. The van der Waals surface area contributed by atoms with Crippen LogP contribution in [-0.2, 0) is 11.2 Å². The highest BCUT2D eigenvalue weighted by Gasteiger charge is 2.27. The summed E-state index contributed by atoms with van der Waals surface area (Å²) in [7, 11) is 1.94. The van der Waals surface area contributed by atoms with Gasteiger partial charge in [-0.15, -0.1) is 0 Å². The van der Waals surface area contributed by atoms with Gasteiger partial charge in [-0.3, -0.25) is 4.79 Å². The number of nitrogens with one attached hydrogen (secondary N) is 1. The van der Waals surface area contributed by atoms with Gasteiger partial charge in [0.25, 0.3) is 0 Å². The van der Waals surface area contributed by atoms with Crippen molar-refractivity contribution in [3.63, 3.8) is 0 Å². The smallest absolute Gasteiger partial charge is 0.227 e. The highest BCUT2D eigenvalue weighted by molar-refractivity contribution is 9.10. The molecule has 0 aromatic heterocycles. The molecule has 18 heavy (non-hydrogen) atoms. The second-order valence-electron chi connectivity index (χ2n) is 4.75. The van der Waals surface area contributed by atoms with Crippen LogP contribution in [0.4, 0.5) is 0 Å². The number of nitrogens with zero attached hydrogens (tertiary/aromatic N) is 1. The SMILES string of the molecule is CNCC1CCCN1C(=O)Cc1cccc(Br)c1. The van der Waals surface area contributed by atoms with Crippen LogP contribution in [0.2, 0.25) is 0 Å². The first-order valence-electron chi connectivity index (χ1n) is 6.39. The summed E-state index contributed by atoms with van der Waals surface area (Å²) in [6.45, 7) is 1.80. The van der Waals surface area contributed by atoms with Crippen LogP contribution in [0.25, 0.3) is 0 Å². The van der Waals surface area contributed by atoms with E-state index < -0.39 is 0 Å². The number of likely N-dealkylation sites (tertiary alicyclic amines) is 1. The number of carbonyl (C=O) groups is 1. The Bertz CT molecular complexity index is 422. The fourth-order valence-electron chi connectivity index (χ4n) is 2.53. The van der Waals surface area contributed by atoms with Crippen LogP contribution in [0.3, 0.4) is 0 Å². The van der Waals surface area contributed by atoms with Gasteiger partial charge in [-0.2, -0.15) is 0 Å². The van der Waals surface area contributed by atoms with E-state index in [0.717, 1.165) is 36.0 Å². The third-order valence-electron chi connectivity index (χ3n) is 3.38. The summed E-state index contributed by atoms with van der Waals surface area (Å²) in [5, 5.41) is 3.17. The number of carbonyl (C=O) groups excluding carboxylic acids is 1. The average molecular weight is 311 g/mol. The van der Waals surface area contributed by atoms with Crippen LogP contribution in [0.15, 0.2) is 28.7 Å². The molecule has 1 atom stereocenters. The van der Waals surface area contributed by atoms with Crippen LogP contribution >= 0.6 is 15.9 Å². The van der Waals surface area contributed by atoms with Crippen LogP contribution in [0.5, 0.6) is 0 Å². The number of likely N-dealkylation sites (N-methyl/N-ethyl adjacent to an activating group) is 1. The molecule has 2 rings (SSSR count). The second-order valence-corrected chi connectivity index (χ2v) is 5.66. The number of halogens is 1. The Labute approximate surface area is 117 Å². The largest absolute Gasteiger partial charge is 0.338 e.